The van der Waals surface area contributed by atoms with Gasteiger partial charge in [0.1, 0.15) is 0 Å². The highest BCUT2D eigenvalue weighted by Gasteiger charge is 2.31. The first-order valence-electron chi connectivity index (χ1n) is 5.99. The minimum Gasteiger partial charge on any atom is -0.347 e. The van der Waals surface area contributed by atoms with Crippen molar-refractivity contribution in [2.45, 2.75) is 39.5 Å². The predicted molar refractivity (Wildman–Crippen MR) is 71.8 cm³/mol. The smallest absolute Gasteiger partial charge is 0.206 e. The van der Waals surface area contributed by atoms with Crippen molar-refractivity contribution in [3.63, 3.8) is 0 Å². The third-order valence-electron chi connectivity index (χ3n) is 4.02. The molecular formula is C11H19N3S2. The summed E-state index contributed by atoms with van der Waals surface area (Å²) in [7, 11) is 0. The second-order valence-electron chi connectivity index (χ2n) is 4.59. The normalized spacial score (nSPS) is 20.0. The van der Waals surface area contributed by atoms with E-state index in [2.05, 4.69) is 28.9 Å². The summed E-state index contributed by atoms with van der Waals surface area (Å²) in [6.45, 7) is 6.88. The zero-order valence-electron chi connectivity index (χ0n) is 9.95. The lowest BCUT2D eigenvalue weighted by Crippen LogP contribution is -2.39. The van der Waals surface area contributed by atoms with Crippen LogP contribution in [-0.2, 0) is 0 Å². The number of anilines is 1. The number of rotatable bonds is 3. The van der Waals surface area contributed by atoms with Gasteiger partial charge in [-0.05, 0) is 30.5 Å². The molecule has 1 aliphatic rings. The number of H-pyrrole nitrogens is 1. The van der Waals surface area contributed by atoms with Crippen LogP contribution in [0.3, 0.4) is 0 Å². The van der Waals surface area contributed by atoms with E-state index in [0.29, 0.717) is 5.41 Å². The van der Waals surface area contributed by atoms with Crippen molar-refractivity contribution in [2.24, 2.45) is 5.41 Å². The number of aromatic amines is 1. The molecule has 0 aromatic carbocycles. The molecule has 1 aromatic heterocycles. The first-order valence-corrected chi connectivity index (χ1v) is 7.22. The fourth-order valence-corrected chi connectivity index (χ4v) is 3.42. The minimum atomic E-state index is 0.578. The molecule has 0 bridgehead atoms. The molecule has 1 saturated heterocycles. The first-order chi connectivity index (χ1) is 7.69. The second kappa shape index (κ2) is 4.84. The van der Waals surface area contributed by atoms with Crippen LogP contribution in [0.2, 0.25) is 0 Å². The van der Waals surface area contributed by atoms with Crippen molar-refractivity contribution < 1.29 is 0 Å². The van der Waals surface area contributed by atoms with Gasteiger partial charge in [0.2, 0.25) is 5.13 Å². The number of aromatic nitrogens is 2. The van der Waals surface area contributed by atoms with Gasteiger partial charge in [0.15, 0.2) is 3.95 Å². The summed E-state index contributed by atoms with van der Waals surface area (Å²) in [5, 5.41) is 8.17. The molecule has 0 radical (unpaired) electrons. The Balaban J connectivity index is 2.02. The van der Waals surface area contributed by atoms with E-state index in [9.17, 15) is 0 Å². The molecule has 1 aliphatic heterocycles. The van der Waals surface area contributed by atoms with Gasteiger partial charge in [0.05, 0.1) is 0 Å². The number of nitrogens with one attached hydrogen (secondary N) is 1. The SMILES string of the molecule is CCC1(CC)CCN(c2n[nH]c(=S)s2)CC1. The van der Waals surface area contributed by atoms with Gasteiger partial charge in [-0.1, -0.05) is 38.0 Å². The van der Waals surface area contributed by atoms with Crippen molar-refractivity contribution in [1.82, 2.24) is 10.2 Å². The van der Waals surface area contributed by atoms with Crippen molar-refractivity contribution in [3.05, 3.63) is 3.95 Å². The number of piperidine rings is 1. The minimum absolute atomic E-state index is 0.578. The van der Waals surface area contributed by atoms with Gasteiger partial charge in [-0.2, -0.15) is 0 Å². The molecule has 0 spiro atoms. The summed E-state index contributed by atoms with van der Waals surface area (Å²) in [4.78, 5) is 2.36. The second-order valence-corrected chi connectivity index (χ2v) is 6.23. The van der Waals surface area contributed by atoms with E-state index in [4.69, 9.17) is 12.2 Å². The lowest BCUT2D eigenvalue weighted by atomic mass is 9.74. The molecule has 16 heavy (non-hydrogen) atoms. The molecule has 1 N–H and O–H groups in total. The molecule has 2 rings (SSSR count). The van der Waals surface area contributed by atoms with E-state index in [1.807, 2.05) is 0 Å². The van der Waals surface area contributed by atoms with Gasteiger partial charge in [-0.25, -0.2) is 0 Å². The Labute approximate surface area is 106 Å². The molecule has 0 aliphatic carbocycles. The molecule has 0 unspecified atom stereocenters. The highest BCUT2D eigenvalue weighted by atomic mass is 32.1. The van der Waals surface area contributed by atoms with E-state index < -0.39 is 0 Å². The van der Waals surface area contributed by atoms with Crippen LogP contribution in [-0.4, -0.2) is 23.3 Å². The molecule has 1 fully saturated rings. The van der Waals surface area contributed by atoms with Crippen molar-refractivity contribution in [3.8, 4) is 0 Å². The summed E-state index contributed by atoms with van der Waals surface area (Å²) >= 11 is 6.65. The maximum absolute atomic E-state index is 5.07. The van der Waals surface area contributed by atoms with E-state index in [1.165, 1.54) is 25.7 Å². The molecule has 0 amide bonds. The molecule has 0 saturated carbocycles. The number of nitrogens with zero attached hydrogens (tertiary/aromatic N) is 2. The molecule has 5 heteroatoms. The first kappa shape index (κ1) is 12.0. The standard InChI is InChI=1S/C11H19N3S2/c1-3-11(4-2)5-7-14(8-6-11)9-12-13-10(15)16-9/h3-8H2,1-2H3,(H,13,15). The van der Waals surface area contributed by atoms with Crippen LogP contribution in [0, 0.1) is 9.37 Å². The Hall–Kier alpha value is -0.420. The maximum atomic E-state index is 5.07. The van der Waals surface area contributed by atoms with E-state index >= 15 is 0 Å². The number of hydrogen-bond acceptors (Lipinski definition) is 4. The average Bonchev–Trinajstić information content (AvgIpc) is 2.76. The van der Waals surface area contributed by atoms with E-state index in [0.717, 1.165) is 22.2 Å². The largest absolute Gasteiger partial charge is 0.347 e. The van der Waals surface area contributed by atoms with Crippen LogP contribution in [0.5, 0.6) is 0 Å². The summed E-state index contributed by atoms with van der Waals surface area (Å²) in [5.41, 5.74) is 0.578. The highest BCUT2D eigenvalue weighted by molar-refractivity contribution is 7.73. The predicted octanol–water partition coefficient (Wildman–Crippen LogP) is 3.61. The van der Waals surface area contributed by atoms with Crippen molar-refractivity contribution in [2.75, 3.05) is 18.0 Å². The third kappa shape index (κ3) is 2.30. The quantitative estimate of drug-likeness (QED) is 0.840. The van der Waals surface area contributed by atoms with E-state index in [-0.39, 0.29) is 0 Å². The van der Waals surface area contributed by atoms with Crippen LogP contribution in [0.15, 0.2) is 0 Å². The van der Waals surface area contributed by atoms with Crippen molar-refractivity contribution >= 4 is 28.7 Å². The van der Waals surface area contributed by atoms with Crippen LogP contribution in [0.1, 0.15) is 39.5 Å². The molecule has 1 aromatic rings. The maximum Gasteiger partial charge on any atom is 0.206 e. The van der Waals surface area contributed by atoms with E-state index in [1.54, 1.807) is 11.3 Å². The third-order valence-corrected chi connectivity index (χ3v) is 5.17. The van der Waals surface area contributed by atoms with Crippen LogP contribution >= 0.6 is 23.6 Å². The van der Waals surface area contributed by atoms with Gasteiger partial charge in [0.25, 0.3) is 0 Å². The van der Waals surface area contributed by atoms with Gasteiger partial charge in [0, 0.05) is 13.1 Å². The zero-order chi connectivity index (χ0) is 11.6. The summed E-state index contributed by atoms with van der Waals surface area (Å²) in [6.07, 6.45) is 5.17. The summed E-state index contributed by atoms with van der Waals surface area (Å²) < 4.78 is 0.776. The van der Waals surface area contributed by atoms with Gasteiger partial charge < -0.3 is 4.90 Å². The highest BCUT2D eigenvalue weighted by Crippen LogP contribution is 2.39. The zero-order valence-corrected chi connectivity index (χ0v) is 11.6. The Kier molecular flexibility index (Phi) is 3.64. The van der Waals surface area contributed by atoms with Crippen LogP contribution in [0.25, 0.3) is 0 Å². The molecule has 90 valence electrons. The molecule has 0 atom stereocenters. The topological polar surface area (TPSA) is 31.9 Å². The lowest BCUT2D eigenvalue weighted by Gasteiger charge is -2.40. The Morgan fingerprint density at radius 3 is 2.44 bits per heavy atom. The van der Waals surface area contributed by atoms with Crippen molar-refractivity contribution in [1.29, 1.82) is 0 Å². The average molecular weight is 257 g/mol. The van der Waals surface area contributed by atoms with Crippen LogP contribution in [0.4, 0.5) is 5.13 Å². The van der Waals surface area contributed by atoms with Gasteiger partial charge >= 0.3 is 0 Å². The fraction of sp³-hybridized carbons (Fsp3) is 0.818. The molecule has 2 heterocycles. The monoisotopic (exact) mass is 257 g/mol. The summed E-state index contributed by atoms with van der Waals surface area (Å²) in [5.74, 6) is 0. The Morgan fingerprint density at radius 1 is 1.38 bits per heavy atom. The lowest BCUT2D eigenvalue weighted by molar-refractivity contribution is 0.199. The Bertz CT molecular complexity index is 382. The fourth-order valence-electron chi connectivity index (χ4n) is 2.49. The molecule has 3 nitrogen and oxygen atoms in total. The number of hydrogen-bond donors (Lipinski definition) is 1. The summed E-state index contributed by atoms with van der Waals surface area (Å²) in [6, 6.07) is 0. The van der Waals surface area contributed by atoms with Crippen LogP contribution < -0.4 is 4.90 Å². The van der Waals surface area contributed by atoms with Gasteiger partial charge in [-0.15, -0.1) is 5.10 Å². The van der Waals surface area contributed by atoms with Gasteiger partial charge in [-0.3, -0.25) is 5.10 Å². The Morgan fingerprint density at radius 2 is 2.00 bits per heavy atom. The molecular weight excluding hydrogens is 238 g/mol.